The average Bonchev–Trinajstić information content (AvgIpc) is 3.13. The van der Waals surface area contributed by atoms with Crippen molar-refractivity contribution in [2.75, 3.05) is 18.2 Å². The van der Waals surface area contributed by atoms with Gasteiger partial charge in [-0.3, -0.25) is 4.57 Å². The number of rotatable bonds is 8. The van der Waals surface area contributed by atoms with Crippen LogP contribution in [0.4, 0.5) is 5.82 Å². The number of hydrogen-bond acceptors (Lipinski definition) is 14. The molecule has 0 aromatic carbocycles. The Balaban J connectivity index is 0.00000272. The Labute approximate surface area is 229 Å². The van der Waals surface area contributed by atoms with Crippen LogP contribution in [0.15, 0.2) is 12.7 Å². The van der Waals surface area contributed by atoms with E-state index in [1.165, 1.54) is 10.9 Å². The maximum Gasteiger partial charge on any atom is 1.00 e. The minimum Gasteiger partial charge on any atom is -0.778 e. The molecule has 2 aromatic rings. The summed E-state index contributed by atoms with van der Waals surface area (Å²) in [5.41, 5.74) is 6.01. The van der Waals surface area contributed by atoms with E-state index in [2.05, 4.69) is 23.8 Å². The van der Waals surface area contributed by atoms with Crippen LogP contribution < -0.4 is 74.6 Å². The maximum atomic E-state index is 11.9. The molecule has 2 aromatic heterocycles. The fourth-order valence-corrected chi connectivity index (χ4v) is 7.15. The van der Waals surface area contributed by atoms with Crippen molar-refractivity contribution in [3.63, 3.8) is 0 Å². The number of imidazole rings is 1. The fourth-order valence-electron chi connectivity index (χ4n) is 2.78. The third-order valence-corrected chi connectivity index (χ3v) is 9.17. The first-order valence-corrected chi connectivity index (χ1v) is 13.1. The average molecular weight is 549 g/mol. The van der Waals surface area contributed by atoms with Gasteiger partial charge in [-0.25, -0.2) is 23.8 Å². The Morgan fingerprint density at radius 3 is 2.33 bits per heavy atom. The Kier molecular flexibility index (Phi) is 11.4. The van der Waals surface area contributed by atoms with Crippen LogP contribution in [-0.2, 0) is 27.3 Å². The van der Waals surface area contributed by atoms with Gasteiger partial charge in [-0.05, 0) is 0 Å². The summed E-state index contributed by atoms with van der Waals surface area (Å²) in [7, 11) is -16.3. The standard InChI is InChI=1S/C11H18N5O12P3.2Na/c12-9-6-10(14-2-13-9)16(3-15-6)11-8(18)7(17)5(27-11)1-26-29(19,20)4-30(21,22)28-31(23,24)25;;/h2-3,5,7-8,11,17-18H,1,4H2,(H,19,20)(H,21,22)(H2,12,13,14)(H2,23,24,25);;/q;2*+1/p-2/t5-,7?,8+,11-;;/m1../s1. The molecular formula is C11H16N5Na2O12P3. The predicted molar refractivity (Wildman–Crippen MR) is 94.8 cm³/mol. The van der Waals surface area contributed by atoms with Crippen LogP contribution in [0.3, 0.4) is 0 Å². The number of fused-ring (bicyclic) bond motifs is 1. The quantitative estimate of drug-likeness (QED) is 0.151. The van der Waals surface area contributed by atoms with E-state index < -0.39 is 60.1 Å². The Morgan fingerprint density at radius 2 is 1.73 bits per heavy atom. The third kappa shape index (κ3) is 8.09. The van der Waals surface area contributed by atoms with Crippen LogP contribution in [0.25, 0.3) is 11.2 Å². The Morgan fingerprint density at radius 1 is 1.09 bits per heavy atom. The number of aromatic nitrogens is 4. The van der Waals surface area contributed by atoms with Crippen LogP contribution in [0.2, 0.25) is 0 Å². The second-order valence-electron chi connectivity index (χ2n) is 6.36. The minimum atomic E-state index is -5.51. The minimum absolute atomic E-state index is 0. The van der Waals surface area contributed by atoms with Crippen LogP contribution >= 0.6 is 23.0 Å². The van der Waals surface area contributed by atoms with Gasteiger partial charge in [0.15, 0.2) is 25.3 Å². The number of nitrogen functional groups attached to an aromatic ring is 1. The molecular weight excluding hydrogens is 533 g/mol. The van der Waals surface area contributed by atoms with E-state index in [0.29, 0.717) is 0 Å². The molecule has 0 spiro atoms. The van der Waals surface area contributed by atoms with Crippen LogP contribution in [0.1, 0.15) is 6.23 Å². The van der Waals surface area contributed by atoms with Gasteiger partial charge in [0.25, 0.3) is 0 Å². The van der Waals surface area contributed by atoms with E-state index in [9.17, 15) is 33.7 Å². The smallest absolute Gasteiger partial charge is 0.778 e. The van der Waals surface area contributed by atoms with E-state index in [-0.39, 0.29) is 76.1 Å². The van der Waals surface area contributed by atoms with Crippen LogP contribution in [0.5, 0.6) is 0 Å². The van der Waals surface area contributed by atoms with E-state index in [1.54, 1.807) is 0 Å². The van der Waals surface area contributed by atoms with Gasteiger partial charge < -0.3 is 53.9 Å². The number of nitrogens with zero attached hydrogens (tertiary/aromatic N) is 4. The van der Waals surface area contributed by atoms with Crippen molar-refractivity contribution in [3.05, 3.63) is 12.7 Å². The van der Waals surface area contributed by atoms with Gasteiger partial charge in [0.2, 0.25) is 0 Å². The number of nitrogens with two attached hydrogens (primary N) is 1. The van der Waals surface area contributed by atoms with E-state index in [1.807, 2.05) is 0 Å². The monoisotopic (exact) mass is 549 g/mol. The van der Waals surface area contributed by atoms with Crippen LogP contribution in [-0.4, -0.2) is 70.3 Å². The van der Waals surface area contributed by atoms with Gasteiger partial charge in [-0.15, -0.1) is 0 Å². The van der Waals surface area contributed by atoms with Gasteiger partial charge in [-0.2, -0.15) is 0 Å². The molecule has 3 unspecified atom stereocenters. The summed E-state index contributed by atoms with van der Waals surface area (Å²) in [6.45, 7) is -0.921. The molecule has 33 heavy (non-hydrogen) atoms. The molecule has 174 valence electrons. The summed E-state index contributed by atoms with van der Waals surface area (Å²) < 4.78 is 48.5. The van der Waals surface area contributed by atoms with E-state index >= 15 is 0 Å². The first-order chi connectivity index (χ1) is 14.2. The molecule has 0 bridgehead atoms. The molecule has 1 aliphatic rings. The fraction of sp³-hybridized carbons (Fsp3) is 0.545. The first-order valence-electron chi connectivity index (χ1n) is 8.15. The number of hydrogen-bond donors (Lipinski definition) is 5. The number of anilines is 1. The van der Waals surface area contributed by atoms with Gasteiger partial charge in [-0.1, -0.05) is 0 Å². The third-order valence-electron chi connectivity index (χ3n) is 4.01. The van der Waals surface area contributed by atoms with Gasteiger partial charge >= 0.3 is 66.9 Å². The van der Waals surface area contributed by atoms with E-state index in [0.717, 1.165) is 6.33 Å². The van der Waals surface area contributed by atoms with Gasteiger partial charge in [0.05, 0.1) is 18.8 Å². The number of phosphoric acid groups is 1. The summed E-state index contributed by atoms with van der Waals surface area (Å²) in [6.07, 6.45) is -3.64. The molecule has 22 heteroatoms. The largest absolute Gasteiger partial charge is 1.00 e. The van der Waals surface area contributed by atoms with Crippen molar-refractivity contribution in [3.8, 4) is 0 Å². The zero-order valence-electron chi connectivity index (χ0n) is 17.1. The Hall–Kier alpha value is 0.680. The SMILES string of the molecule is Nc1ncnc2c1ncn2[C@@H]1O[C@H](COP(=O)([O-])CP(=O)([O-])OP(=O)(O)O)C(O)[C@@H]1O.[Na+].[Na+]. The summed E-state index contributed by atoms with van der Waals surface area (Å²) in [4.78, 5) is 52.0. The topological polar surface area (TPSA) is 276 Å². The molecule has 17 nitrogen and oxygen atoms in total. The number of aliphatic hydroxyl groups excluding tert-OH is 2. The van der Waals surface area contributed by atoms with Crippen molar-refractivity contribution in [1.82, 2.24) is 19.5 Å². The molecule has 3 heterocycles. The second kappa shape index (κ2) is 11.8. The van der Waals surface area contributed by atoms with Crippen molar-refractivity contribution in [1.29, 1.82) is 0 Å². The van der Waals surface area contributed by atoms with Crippen molar-refractivity contribution in [2.45, 2.75) is 24.5 Å². The molecule has 3 rings (SSSR count). The molecule has 0 radical (unpaired) electrons. The zero-order chi connectivity index (χ0) is 23.2. The molecule has 0 saturated carbocycles. The maximum absolute atomic E-state index is 11.9. The normalized spacial score (nSPS) is 26.7. The molecule has 0 amide bonds. The zero-order valence-corrected chi connectivity index (χ0v) is 23.8. The first kappa shape index (κ1) is 31.7. The summed E-state index contributed by atoms with van der Waals surface area (Å²) in [5, 5.41) is 20.4. The van der Waals surface area contributed by atoms with Crippen molar-refractivity contribution < 1.29 is 116 Å². The van der Waals surface area contributed by atoms with Gasteiger partial charge in [0.1, 0.15) is 37.8 Å². The molecule has 6 atom stereocenters. The molecule has 0 aliphatic carbocycles. The van der Waals surface area contributed by atoms with Crippen molar-refractivity contribution >= 4 is 40.0 Å². The molecule has 1 saturated heterocycles. The molecule has 1 fully saturated rings. The predicted octanol–water partition coefficient (Wildman–Crippen LogP) is -8.77. The van der Waals surface area contributed by atoms with Crippen LogP contribution in [0, 0.1) is 0 Å². The summed E-state index contributed by atoms with van der Waals surface area (Å²) in [5.74, 6) is -1.81. The summed E-state index contributed by atoms with van der Waals surface area (Å²) in [6, 6.07) is 0. The molecule has 1 aliphatic heterocycles. The Bertz CT molecular complexity index is 1120. The number of ether oxygens (including phenoxy) is 1. The number of aliphatic hydroxyl groups is 2. The molecule has 6 N–H and O–H groups in total. The van der Waals surface area contributed by atoms with Crippen molar-refractivity contribution in [2.24, 2.45) is 0 Å². The van der Waals surface area contributed by atoms with Gasteiger partial charge in [0, 0.05) is 0 Å². The van der Waals surface area contributed by atoms with E-state index in [4.69, 9.17) is 20.3 Å². The second-order valence-corrected chi connectivity index (χ2v) is 11.8. The summed E-state index contributed by atoms with van der Waals surface area (Å²) >= 11 is 0.